The third-order valence-electron chi connectivity index (χ3n) is 4.35. The lowest BCUT2D eigenvalue weighted by molar-refractivity contribution is -0.117. The minimum absolute atomic E-state index is 0.00714. The van der Waals surface area contributed by atoms with Gasteiger partial charge in [-0.05, 0) is 37.1 Å². The van der Waals surface area contributed by atoms with E-state index in [4.69, 9.17) is 0 Å². The molecule has 2 heterocycles. The van der Waals surface area contributed by atoms with Gasteiger partial charge in [-0.25, -0.2) is 0 Å². The first-order chi connectivity index (χ1) is 13.2. The first kappa shape index (κ1) is 22.6. The Balaban J connectivity index is 0.000000178. The van der Waals surface area contributed by atoms with Crippen molar-refractivity contribution in [3.63, 3.8) is 0 Å². The zero-order valence-electron chi connectivity index (χ0n) is 14.7. The number of anilines is 2. The number of carbonyl (C=O) groups is 2. The van der Waals surface area contributed by atoms with Gasteiger partial charge in [0.1, 0.15) is 0 Å². The normalized spacial score (nSPS) is 18.6. The van der Waals surface area contributed by atoms with E-state index >= 15 is 0 Å². The van der Waals surface area contributed by atoms with Crippen molar-refractivity contribution in [3.8, 4) is 0 Å². The number of para-hydroxylation sites is 2. The molecule has 2 aliphatic rings. The van der Waals surface area contributed by atoms with Crippen LogP contribution in [0.5, 0.6) is 0 Å². The Morgan fingerprint density at radius 1 is 0.815 bits per heavy atom. The second kappa shape index (κ2) is 12.0. The SMILES string of the molecule is II.O=C1C(Br)CCN1c1ccccc1.O=C1CCCN1c1ccccc1. The van der Waals surface area contributed by atoms with E-state index in [0.717, 1.165) is 37.3 Å². The van der Waals surface area contributed by atoms with Crippen LogP contribution in [0.15, 0.2) is 60.7 Å². The van der Waals surface area contributed by atoms with Crippen molar-refractivity contribution in [3.05, 3.63) is 60.7 Å². The number of hydrogen-bond donors (Lipinski definition) is 0. The largest absolute Gasteiger partial charge is 0.312 e. The number of halogens is 3. The molecule has 1 unspecified atom stereocenters. The summed E-state index contributed by atoms with van der Waals surface area (Å²) in [5.41, 5.74) is 2.02. The molecular formula is C20H21BrI2N2O2. The third-order valence-corrected chi connectivity index (χ3v) is 5.20. The molecule has 1 atom stereocenters. The van der Waals surface area contributed by atoms with Gasteiger partial charge in [-0.15, -0.1) is 0 Å². The van der Waals surface area contributed by atoms with Crippen LogP contribution in [0.4, 0.5) is 11.4 Å². The number of carbonyl (C=O) groups excluding carboxylic acids is 2. The lowest BCUT2D eigenvalue weighted by atomic mass is 10.3. The van der Waals surface area contributed by atoms with Gasteiger partial charge in [-0.3, -0.25) is 9.59 Å². The fourth-order valence-corrected chi connectivity index (χ4v) is 3.49. The molecule has 7 heteroatoms. The number of hydrogen-bond acceptors (Lipinski definition) is 2. The summed E-state index contributed by atoms with van der Waals surface area (Å²) in [4.78, 5) is 26.6. The molecule has 0 spiro atoms. The molecule has 0 N–H and O–H groups in total. The van der Waals surface area contributed by atoms with Gasteiger partial charge in [0.2, 0.25) is 11.8 Å². The molecule has 0 aliphatic carbocycles. The Hall–Kier alpha value is -0.680. The topological polar surface area (TPSA) is 40.6 Å². The van der Waals surface area contributed by atoms with Crippen molar-refractivity contribution in [2.24, 2.45) is 0 Å². The van der Waals surface area contributed by atoms with Crippen molar-refractivity contribution in [1.29, 1.82) is 0 Å². The van der Waals surface area contributed by atoms with Crippen molar-refractivity contribution in [2.75, 3.05) is 22.9 Å². The summed E-state index contributed by atoms with van der Waals surface area (Å²) in [6.45, 7) is 1.70. The Morgan fingerprint density at radius 2 is 1.33 bits per heavy atom. The third kappa shape index (κ3) is 6.42. The van der Waals surface area contributed by atoms with Crippen molar-refractivity contribution in [2.45, 2.75) is 24.1 Å². The van der Waals surface area contributed by atoms with Gasteiger partial charge in [0.25, 0.3) is 0 Å². The smallest absolute Gasteiger partial charge is 0.240 e. The predicted octanol–water partition coefficient (Wildman–Crippen LogP) is 5.77. The second-order valence-corrected chi connectivity index (χ2v) is 7.17. The maximum absolute atomic E-state index is 11.6. The Kier molecular flexibility index (Phi) is 10.1. The van der Waals surface area contributed by atoms with E-state index in [1.807, 2.05) is 70.5 Å². The van der Waals surface area contributed by atoms with Gasteiger partial charge in [-0.2, -0.15) is 0 Å². The summed E-state index contributed by atoms with van der Waals surface area (Å²) in [7, 11) is 0. The molecule has 2 amide bonds. The van der Waals surface area contributed by atoms with Crippen LogP contribution in [-0.2, 0) is 9.59 Å². The minimum Gasteiger partial charge on any atom is -0.312 e. The first-order valence-corrected chi connectivity index (χ1v) is 15.9. The quantitative estimate of drug-likeness (QED) is 0.305. The monoisotopic (exact) mass is 654 g/mol. The van der Waals surface area contributed by atoms with Crippen molar-refractivity contribution >= 4 is 76.4 Å². The average molecular weight is 655 g/mol. The number of benzene rings is 2. The Morgan fingerprint density at radius 3 is 1.74 bits per heavy atom. The number of rotatable bonds is 2. The van der Waals surface area contributed by atoms with E-state index in [9.17, 15) is 9.59 Å². The molecular weight excluding hydrogens is 634 g/mol. The lowest BCUT2D eigenvalue weighted by Crippen LogP contribution is -2.26. The van der Waals surface area contributed by atoms with Crippen LogP contribution in [0, 0.1) is 0 Å². The maximum Gasteiger partial charge on any atom is 0.240 e. The lowest BCUT2D eigenvalue weighted by Gasteiger charge is -2.15. The molecule has 4 rings (SSSR count). The summed E-state index contributed by atoms with van der Waals surface area (Å²) < 4.78 is 0. The summed E-state index contributed by atoms with van der Waals surface area (Å²) in [5.74, 6) is 0.424. The predicted molar refractivity (Wildman–Crippen MR) is 132 cm³/mol. The minimum atomic E-state index is 0.00714. The standard InChI is InChI=1S/C10H10BrNO.C10H11NO.I2/c11-9-6-7-12(10(9)13)8-4-2-1-3-5-8;12-10-7-4-8-11(10)9-5-2-1-3-6-9;1-2/h1-5,9H,6-7H2;1-3,5-6H,4,7-8H2;. The zero-order chi connectivity index (χ0) is 19.6. The fraction of sp³-hybridized carbons (Fsp3) is 0.300. The van der Waals surface area contributed by atoms with Gasteiger partial charge < -0.3 is 9.80 Å². The molecule has 2 fully saturated rings. The van der Waals surface area contributed by atoms with Crippen LogP contribution in [0.1, 0.15) is 19.3 Å². The van der Waals surface area contributed by atoms with Gasteiger partial charge in [-0.1, -0.05) is 52.3 Å². The number of amides is 2. The summed E-state index contributed by atoms with van der Waals surface area (Å²) >= 11 is 7.59. The average Bonchev–Trinajstić information content (AvgIpc) is 3.31. The summed E-state index contributed by atoms with van der Waals surface area (Å²) in [6, 6.07) is 19.6. The number of alkyl halides is 1. The Labute approximate surface area is 192 Å². The van der Waals surface area contributed by atoms with E-state index in [2.05, 4.69) is 53.2 Å². The van der Waals surface area contributed by atoms with E-state index in [1.54, 1.807) is 0 Å². The van der Waals surface area contributed by atoms with Crippen molar-refractivity contribution in [1.82, 2.24) is 0 Å². The molecule has 2 aromatic carbocycles. The highest BCUT2D eigenvalue weighted by Crippen LogP contribution is 2.24. The maximum atomic E-state index is 11.6. The molecule has 2 aliphatic heterocycles. The van der Waals surface area contributed by atoms with E-state index in [1.165, 1.54) is 0 Å². The molecule has 4 nitrogen and oxygen atoms in total. The highest BCUT2D eigenvalue weighted by molar-refractivity contribution is 15.0. The Bertz CT molecular complexity index is 731. The van der Waals surface area contributed by atoms with Crippen LogP contribution < -0.4 is 9.80 Å². The number of nitrogens with zero attached hydrogens (tertiary/aromatic N) is 2. The highest BCUT2D eigenvalue weighted by Gasteiger charge is 2.29. The van der Waals surface area contributed by atoms with Crippen LogP contribution in [0.3, 0.4) is 0 Å². The van der Waals surface area contributed by atoms with E-state index < -0.39 is 0 Å². The second-order valence-electron chi connectivity index (χ2n) is 6.07. The van der Waals surface area contributed by atoms with Crippen LogP contribution in [0.25, 0.3) is 0 Å². The van der Waals surface area contributed by atoms with Gasteiger partial charge in [0.15, 0.2) is 0 Å². The van der Waals surface area contributed by atoms with Crippen LogP contribution in [-0.4, -0.2) is 29.7 Å². The van der Waals surface area contributed by atoms with Gasteiger partial charge in [0.05, 0.1) is 4.83 Å². The molecule has 144 valence electrons. The zero-order valence-corrected chi connectivity index (χ0v) is 20.6. The summed E-state index contributed by atoms with van der Waals surface area (Å²) in [6.07, 6.45) is 2.59. The molecule has 2 saturated heterocycles. The fourth-order valence-electron chi connectivity index (χ4n) is 3.04. The highest BCUT2D eigenvalue weighted by atomic mass is 128. The van der Waals surface area contributed by atoms with Crippen LogP contribution >= 0.6 is 53.2 Å². The van der Waals surface area contributed by atoms with Gasteiger partial charge in [0, 0.05) is 68.1 Å². The van der Waals surface area contributed by atoms with Gasteiger partial charge >= 0.3 is 0 Å². The van der Waals surface area contributed by atoms with Crippen molar-refractivity contribution < 1.29 is 9.59 Å². The molecule has 0 radical (unpaired) electrons. The molecule has 0 aromatic heterocycles. The van der Waals surface area contributed by atoms with E-state index in [-0.39, 0.29) is 16.6 Å². The van der Waals surface area contributed by atoms with Crippen LogP contribution in [0.2, 0.25) is 0 Å². The molecule has 27 heavy (non-hydrogen) atoms. The van der Waals surface area contributed by atoms with E-state index in [0.29, 0.717) is 6.42 Å². The summed E-state index contributed by atoms with van der Waals surface area (Å²) in [5, 5.41) is 0. The molecule has 2 aromatic rings. The molecule has 0 saturated carbocycles. The molecule has 0 bridgehead atoms. The first-order valence-electron chi connectivity index (χ1n) is 8.67.